The highest BCUT2D eigenvalue weighted by atomic mass is 35.5. The Balaban J connectivity index is 1.22. The molecule has 6 nitrogen and oxygen atoms in total. The lowest BCUT2D eigenvalue weighted by Gasteiger charge is -2.31. The van der Waals surface area contributed by atoms with E-state index in [0.29, 0.717) is 41.5 Å². The number of ether oxygens (including phenoxy) is 1. The first kappa shape index (κ1) is 29.8. The molecule has 1 saturated heterocycles. The number of esters is 1. The third-order valence-electron chi connectivity index (χ3n) is 7.55. The number of benzene rings is 3. The van der Waals surface area contributed by atoms with Crippen molar-refractivity contribution in [1.82, 2.24) is 10.2 Å². The molecule has 1 N–H and O–H groups in total. The van der Waals surface area contributed by atoms with Crippen LogP contribution < -0.4 is 5.32 Å². The van der Waals surface area contributed by atoms with Crippen LogP contribution in [0.15, 0.2) is 78.2 Å². The zero-order chi connectivity index (χ0) is 29.6. The third kappa shape index (κ3) is 6.86. The Morgan fingerprint density at radius 3 is 2.48 bits per heavy atom. The number of nitrogens with one attached hydrogen (secondary N) is 1. The summed E-state index contributed by atoms with van der Waals surface area (Å²) < 4.78 is 5.83. The fraction of sp³-hybridized carbons (Fsp3) is 0.242. The van der Waals surface area contributed by atoms with E-state index in [1.807, 2.05) is 72.1 Å². The van der Waals surface area contributed by atoms with Gasteiger partial charge in [0, 0.05) is 25.1 Å². The van der Waals surface area contributed by atoms with Gasteiger partial charge in [0.15, 0.2) is 0 Å². The number of nitrogens with zero attached hydrogens (tertiary/aromatic N) is 1. The number of amides is 2. The molecule has 5 rings (SSSR count). The Hall–Kier alpha value is -3.65. The first-order valence-corrected chi connectivity index (χ1v) is 15.3. The number of hydrogen-bond donors (Lipinski definition) is 1. The second kappa shape index (κ2) is 13.6. The molecule has 9 heteroatoms. The van der Waals surface area contributed by atoms with E-state index in [1.165, 1.54) is 24.5 Å². The summed E-state index contributed by atoms with van der Waals surface area (Å²) in [5, 5.41) is 6.91. The van der Waals surface area contributed by atoms with Crippen LogP contribution in [0.4, 0.5) is 0 Å². The van der Waals surface area contributed by atoms with Gasteiger partial charge in [0.2, 0.25) is 11.8 Å². The minimum Gasteiger partial charge on any atom is -0.469 e. The second-order valence-electron chi connectivity index (χ2n) is 10.2. The minimum atomic E-state index is -0.534. The van der Waals surface area contributed by atoms with Gasteiger partial charge in [0.05, 0.1) is 34.3 Å². The van der Waals surface area contributed by atoms with E-state index in [2.05, 4.69) is 5.32 Å². The number of carbonyl (C=O) groups is 3. The number of methoxy groups -OCH3 is 1. The molecule has 1 aliphatic rings. The molecule has 0 spiro atoms. The van der Waals surface area contributed by atoms with E-state index in [4.69, 9.17) is 27.9 Å². The van der Waals surface area contributed by atoms with Crippen LogP contribution in [0.1, 0.15) is 36.4 Å². The number of fused-ring (bicyclic) bond motifs is 1. The minimum absolute atomic E-state index is 0.0202. The van der Waals surface area contributed by atoms with Crippen LogP contribution >= 0.6 is 34.5 Å². The Labute approximate surface area is 258 Å². The summed E-state index contributed by atoms with van der Waals surface area (Å²) in [7, 11) is 1.34. The van der Waals surface area contributed by atoms with Crippen molar-refractivity contribution in [3.05, 3.63) is 99.4 Å². The van der Waals surface area contributed by atoms with Crippen LogP contribution in [0.2, 0.25) is 10.0 Å². The zero-order valence-corrected chi connectivity index (χ0v) is 25.3. The van der Waals surface area contributed by atoms with Crippen molar-refractivity contribution in [1.29, 1.82) is 0 Å². The van der Waals surface area contributed by atoms with E-state index in [9.17, 15) is 14.4 Å². The molecule has 0 aliphatic carbocycles. The zero-order valence-electron chi connectivity index (χ0n) is 23.0. The van der Waals surface area contributed by atoms with Gasteiger partial charge in [-0.15, -0.1) is 11.3 Å². The number of rotatable bonds is 8. The van der Waals surface area contributed by atoms with Crippen LogP contribution in [0.5, 0.6) is 0 Å². The van der Waals surface area contributed by atoms with Crippen molar-refractivity contribution >= 4 is 68.5 Å². The Kier molecular flexibility index (Phi) is 9.62. The Morgan fingerprint density at radius 1 is 1.00 bits per heavy atom. The van der Waals surface area contributed by atoms with Crippen molar-refractivity contribution in [2.75, 3.05) is 20.2 Å². The summed E-state index contributed by atoms with van der Waals surface area (Å²) in [6.07, 6.45) is 4.25. The number of likely N-dealkylation sites (tertiary alicyclic amines) is 1. The third-order valence-corrected chi connectivity index (χ3v) is 9.49. The van der Waals surface area contributed by atoms with Crippen LogP contribution in [-0.2, 0) is 19.1 Å². The highest BCUT2D eigenvalue weighted by molar-refractivity contribution is 7.18. The van der Waals surface area contributed by atoms with Crippen LogP contribution in [0.25, 0.3) is 27.3 Å². The van der Waals surface area contributed by atoms with E-state index in [0.717, 1.165) is 26.8 Å². The summed E-state index contributed by atoms with van der Waals surface area (Å²) in [5.41, 5.74) is 3.55. The smallest absolute Gasteiger partial charge is 0.307 e. The molecule has 1 atom stereocenters. The summed E-state index contributed by atoms with van der Waals surface area (Å²) in [5.74, 6) is -0.961. The number of halogens is 2. The molecule has 216 valence electrons. The summed E-state index contributed by atoms with van der Waals surface area (Å²) >= 11 is 14.4. The van der Waals surface area contributed by atoms with Crippen molar-refractivity contribution in [2.45, 2.75) is 25.3 Å². The van der Waals surface area contributed by atoms with Crippen LogP contribution in [0.3, 0.4) is 0 Å². The van der Waals surface area contributed by atoms with Gasteiger partial charge in [0.25, 0.3) is 0 Å². The largest absolute Gasteiger partial charge is 0.469 e. The molecule has 0 unspecified atom stereocenters. The molecule has 0 saturated carbocycles. The van der Waals surface area contributed by atoms with Gasteiger partial charge in [-0.25, -0.2) is 0 Å². The van der Waals surface area contributed by atoms with Gasteiger partial charge in [-0.3, -0.25) is 14.4 Å². The van der Waals surface area contributed by atoms with Gasteiger partial charge in [-0.1, -0.05) is 71.7 Å². The van der Waals surface area contributed by atoms with Gasteiger partial charge in [-0.2, -0.15) is 0 Å². The van der Waals surface area contributed by atoms with Crippen LogP contribution in [0, 0.1) is 5.92 Å². The van der Waals surface area contributed by atoms with E-state index in [1.54, 1.807) is 11.0 Å². The van der Waals surface area contributed by atoms with E-state index in [-0.39, 0.29) is 24.2 Å². The number of piperidine rings is 1. The summed E-state index contributed by atoms with van der Waals surface area (Å²) in [6, 6.07) is 21.1. The molecule has 1 fully saturated rings. The molecule has 42 heavy (non-hydrogen) atoms. The standard InChI is InChI=1S/C33H30Cl2N2O4S/c1-41-29(39)20-27(24-9-5-8-23(18-24)21-6-3-2-4-7-21)36-33(40)22-12-15-37(16-13-22)28(38)11-10-25-19-26-14-17-42-32(26)31(35)30(25)34/h2-11,14,17-19,22,27H,12-13,15-16,20H2,1H3,(H,36,40)/b11-10+/t27-/m1/s1. The summed E-state index contributed by atoms with van der Waals surface area (Å²) in [6.45, 7) is 0.898. The van der Waals surface area contributed by atoms with E-state index >= 15 is 0 Å². The van der Waals surface area contributed by atoms with Gasteiger partial charge < -0.3 is 15.0 Å². The van der Waals surface area contributed by atoms with Crippen molar-refractivity contribution in [2.24, 2.45) is 5.92 Å². The first-order chi connectivity index (χ1) is 20.3. The van der Waals surface area contributed by atoms with Crippen LogP contribution in [-0.4, -0.2) is 42.9 Å². The molecular formula is C33H30Cl2N2O4S. The molecule has 0 radical (unpaired) electrons. The molecular weight excluding hydrogens is 591 g/mol. The van der Waals surface area contributed by atoms with Gasteiger partial charge in [-0.05, 0) is 70.1 Å². The average Bonchev–Trinajstić information content (AvgIpc) is 3.51. The molecule has 2 amide bonds. The maximum atomic E-state index is 13.3. The maximum absolute atomic E-state index is 13.3. The molecule has 1 aliphatic heterocycles. The quantitative estimate of drug-likeness (QED) is 0.163. The van der Waals surface area contributed by atoms with Crippen molar-refractivity contribution < 1.29 is 19.1 Å². The van der Waals surface area contributed by atoms with Gasteiger partial charge >= 0.3 is 5.97 Å². The SMILES string of the molecule is COC(=O)C[C@@H](NC(=O)C1CCN(C(=O)/C=C/c2cc3ccsc3c(Cl)c2Cl)CC1)c1cccc(-c2ccccc2)c1. The highest BCUT2D eigenvalue weighted by Gasteiger charge is 2.29. The first-order valence-electron chi connectivity index (χ1n) is 13.7. The fourth-order valence-corrected chi connectivity index (χ4v) is 6.61. The lowest BCUT2D eigenvalue weighted by Crippen LogP contribution is -2.43. The normalized spacial score (nSPS) is 14.7. The molecule has 2 heterocycles. The van der Waals surface area contributed by atoms with Crippen molar-refractivity contribution in [3.63, 3.8) is 0 Å². The second-order valence-corrected chi connectivity index (χ2v) is 11.9. The fourth-order valence-electron chi connectivity index (χ4n) is 5.18. The number of hydrogen-bond acceptors (Lipinski definition) is 5. The Bertz CT molecular complexity index is 1630. The number of thiophene rings is 1. The molecule has 3 aromatic carbocycles. The average molecular weight is 622 g/mol. The maximum Gasteiger partial charge on any atom is 0.307 e. The monoisotopic (exact) mass is 620 g/mol. The summed E-state index contributed by atoms with van der Waals surface area (Å²) in [4.78, 5) is 40.2. The highest BCUT2D eigenvalue weighted by Crippen LogP contribution is 2.37. The lowest BCUT2D eigenvalue weighted by atomic mass is 9.93. The predicted octanol–water partition coefficient (Wildman–Crippen LogP) is 7.55. The topological polar surface area (TPSA) is 75.7 Å². The van der Waals surface area contributed by atoms with Gasteiger partial charge in [0.1, 0.15) is 0 Å². The molecule has 4 aromatic rings. The molecule has 1 aromatic heterocycles. The number of carbonyl (C=O) groups excluding carboxylic acids is 3. The lowest BCUT2D eigenvalue weighted by molar-refractivity contribution is -0.141. The molecule has 0 bridgehead atoms. The Morgan fingerprint density at radius 2 is 1.74 bits per heavy atom. The predicted molar refractivity (Wildman–Crippen MR) is 170 cm³/mol. The van der Waals surface area contributed by atoms with E-state index < -0.39 is 12.0 Å². The van der Waals surface area contributed by atoms with Crippen molar-refractivity contribution in [3.8, 4) is 11.1 Å².